The number of ether oxygens (including phenoxy) is 1. The maximum atomic E-state index is 13.1. The van der Waals surface area contributed by atoms with E-state index in [2.05, 4.69) is 21.2 Å². The average Bonchev–Trinajstić information content (AvgIpc) is 2.27. The summed E-state index contributed by atoms with van der Waals surface area (Å²) in [5.74, 6) is 0.416. The Morgan fingerprint density at radius 3 is 2.75 bits per heavy atom. The van der Waals surface area contributed by atoms with Gasteiger partial charge in [0.2, 0.25) is 0 Å². The normalized spacial score (nSPS) is 17.4. The molecule has 0 bridgehead atoms. The summed E-state index contributed by atoms with van der Waals surface area (Å²) in [4.78, 5) is 0. The van der Waals surface area contributed by atoms with Crippen LogP contribution in [0.15, 0.2) is 22.7 Å². The van der Waals surface area contributed by atoms with Crippen molar-refractivity contribution >= 4 is 21.6 Å². The van der Waals surface area contributed by atoms with Gasteiger partial charge >= 0.3 is 0 Å². The quantitative estimate of drug-likeness (QED) is 0.920. The van der Waals surface area contributed by atoms with Gasteiger partial charge in [-0.15, -0.1) is 0 Å². The number of benzene rings is 1. The van der Waals surface area contributed by atoms with Gasteiger partial charge in [-0.2, -0.15) is 0 Å². The molecule has 0 spiro atoms. The summed E-state index contributed by atoms with van der Waals surface area (Å²) in [6.07, 6.45) is 2.17. The van der Waals surface area contributed by atoms with Gasteiger partial charge < -0.3 is 10.1 Å². The molecule has 16 heavy (non-hydrogen) atoms. The maximum absolute atomic E-state index is 13.1. The van der Waals surface area contributed by atoms with Gasteiger partial charge in [-0.05, 0) is 37.0 Å². The summed E-state index contributed by atoms with van der Waals surface area (Å²) < 4.78 is 19.2. The highest BCUT2D eigenvalue weighted by Crippen LogP contribution is 2.20. The monoisotopic (exact) mass is 287 g/mol. The second-order valence-electron chi connectivity index (χ2n) is 4.09. The zero-order chi connectivity index (χ0) is 11.4. The highest BCUT2D eigenvalue weighted by atomic mass is 79.9. The molecule has 1 N–H and O–H groups in total. The van der Waals surface area contributed by atoms with E-state index in [-0.39, 0.29) is 5.82 Å². The van der Waals surface area contributed by atoms with Gasteiger partial charge in [0.05, 0.1) is 0 Å². The van der Waals surface area contributed by atoms with Crippen LogP contribution in [0.2, 0.25) is 0 Å². The summed E-state index contributed by atoms with van der Waals surface area (Å²) in [6.45, 7) is 2.58. The number of rotatable bonds is 3. The molecule has 1 aromatic carbocycles. The molecule has 0 amide bonds. The SMILES string of the molecule is Fc1cc(Br)cc(NCC2CCOCC2)c1. The van der Waals surface area contributed by atoms with E-state index >= 15 is 0 Å². The first-order chi connectivity index (χ1) is 7.74. The van der Waals surface area contributed by atoms with E-state index in [9.17, 15) is 4.39 Å². The van der Waals surface area contributed by atoms with Crippen LogP contribution in [0.25, 0.3) is 0 Å². The lowest BCUT2D eigenvalue weighted by Gasteiger charge is -2.22. The van der Waals surface area contributed by atoms with Crippen LogP contribution in [0, 0.1) is 11.7 Å². The van der Waals surface area contributed by atoms with Crippen molar-refractivity contribution in [1.29, 1.82) is 0 Å². The van der Waals surface area contributed by atoms with Gasteiger partial charge in [-0.25, -0.2) is 4.39 Å². The minimum Gasteiger partial charge on any atom is -0.385 e. The molecule has 1 aliphatic rings. The van der Waals surface area contributed by atoms with E-state index < -0.39 is 0 Å². The van der Waals surface area contributed by atoms with Crippen molar-refractivity contribution in [3.63, 3.8) is 0 Å². The van der Waals surface area contributed by atoms with E-state index in [1.54, 1.807) is 0 Å². The van der Waals surface area contributed by atoms with Crippen LogP contribution in [-0.2, 0) is 4.74 Å². The number of hydrogen-bond acceptors (Lipinski definition) is 2. The largest absolute Gasteiger partial charge is 0.385 e. The first-order valence-corrected chi connectivity index (χ1v) is 6.31. The van der Waals surface area contributed by atoms with E-state index in [1.807, 2.05) is 6.07 Å². The van der Waals surface area contributed by atoms with E-state index in [4.69, 9.17) is 4.74 Å². The molecular formula is C12H15BrFNO. The number of halogens is 2. The molecule has 0 aromatic heterocycles. The van der Waals surface area contributed by atoms with E-state index in [0.29, 0.717) is 5.92 Å². The Morgan fingerprint density at radius 2 is 2.06 bits per heavy atom. The van der Waals surface area contributed by atoms with Crippen LogP contribution in [0.5, 0.6) is 0 Å². The highest BCUT2D eigenvalue weighted by Gasteiger charge is 2.13. The maximum Gasteiger partial charge on any atom is 0.126 e. The fourth-order valence-corrected chi connectivity index (χ4v) is 2.33. The van der Waals surface area contributed by atoms with Crippen molar-refractivity contribution < 1.29 is 9.13 Å². The van der Waals surface area contributed by atoms with Crippen LogP contribution < -0.4 is 5.32 Å². The molecule has 0 aliphatic carbocycles. The Bertz CT molecular complexity index is 333. The molecule has 0 radical (unpaired) electrons. The summed E-state index contributed by atoms with van der Waals surface area (Å²) in [5, 5.41) is 3.27. The molecule has 4 heteroatoms. The summed E-state index contributed by atoms with van der Waals surface area (Å²) in [5.41, 5.74) is 0.832. The second kappa shape index (κ2) is 5.64. The highest BCUT2D eigenvalue weighted by molar-refractivity contribution is 9.10. The zero-order valence-electron chi connectivity index (χ0n) is 9.01. The second-order valence-corrected chi connectivity index (χ2v) is 5.01. The van der Waals surface area contributed by atoms with Crippen molar-refractivity contribution in [2.45, 2.75) is 12.8 Å². The van der Waals surface area contributed by atoms with Crippen molar-refractivity contribution in [3.05, 3.63) is 28.5 Å². The fourth-order valence-electron chi connectivity index (χ4n) is 1.87. The van der Waals surface area contributed by atoms with Crippen molar-refractivity contribution in [1.82, 2.24) is 0 Å². The number of nitrogens with one attached hydrogen (secondary N) is 1. The predicted octanol–water partition coefficient (Wildman–Crippen LogP) is 3.43. The third-order valence-corrected chi connectivity index (χ3v) is 3.26. The van der Waals surface area contributed by atoms with Crippen LogP contribution in [-0.4, -0.2) is 19.8 Å². The Labute approximate surface area is 103 Å². The van der Waals surface area contributed by atoms with Crippen LogP contribution in [0.4, 0.5) is 10.1 Å². The standard InChI is InChI=1S/C12H15BrFNO/c13-10-5-11(14)7-12(6-10)15-8-9-1-3-16-4-2-9/h5-7,9,15H,1-4,8H2. The van der Waals surface area contributed by atoms with Gasteiger partial charge in [0, 0.05) is 29.9 Å². The lowest BCUT2D eigenvalue weighted by Crippen LogP contribution is -2.22. The first-order valence-electron chi connectivity index (χ1n) is 5.52. The van der Waals surface area contributed by atoms with Gasteiger partial charge in [0.15, 0.2) is 0 Å². The molecule has 1 heterocycles. The van der Waals surface area contributed by atoms with Crippen molar-refractivity contribution in [2.24, 2.45) is 5.92 Å². The van der Waals surface area contributed by atoms with Crippen LogP contribution in [0.3, 0.4) is 0 Å². The van der Waals surface area contributed by atoms with Crippen molar-refractivity contribution in [2.75, 3.05) is 25.1 Å². The molecule has 1 aromatic rings. The molecule has 88 valence electrons. The smallest absolute Gasteiger partial charge is 0.126 e. The Hall–Kier alpha value is -0.610. The Balaban J connectivity index is 1.88. The van der Waals surface area contributed by atoms with E-state index in [1.165, 1.54) is 12.1 Å². The number of hydrogen-bond donors (Lipinski definition) is 1. The van der Waals surface area contributed by atoms with E-state index in [0.717, 1.165) is 42.8 Å². The Morgan fingerprint density at radius 1 is 1.31 bits per heavy atom. The molecule has 2 nitrogen and oxygen atoms in total. The lowest BCUT2D eigenvalue weighted by atomic mass is 10.0. The first kappa shape index (κ1) is 11.9. The van der Waals surface area contributed by atoms with Crippen LogP contribution in [0.1, 0.15) is 12.8 Å². The summed E-state index contributed by atoms with van der Waals surface area (Å²) in [7, 11) is 0. The molecule has 2 rings (SSSR count). The van der Waals surface area contributed by atoms with Gasteiger partial charge in [-0.1, -0.05) is 15.9 Å². The Kier molecular flexibility index (Phi) is 4.18. The molecule has 0 saturated carbocycles. The van der Waals surface area contributed by atoms with Crippen molar-refractivity contribution in [3.8, 4) is 0 Å². The predicted molar refractivity (Wildman–Crippen MR) is 66.1 cm³/mol. The average molecular weight is 288 g/mol. The summed E-state index contributed by atoms with van der Waals surface area (Å²) in [6, 6.07) is 4.87. The molecule has 1 fully saturated rings. The fraction of sp³-hybridized carbons (Fsp3) is 0.500. The zero-order valence-corrected chi connectivity index (χ0v) is 10.6. The third-order valence-electron chi connectivity index (χ3n) is 2.80. The molecule has 0 atom stereocenters. The molecule has 1 saturated heterocycles. The van der Waals surface area contributed by atoms with Gasteiger partial charge in [0.25, 0.3) is 0 Å². The minimum atomic E-state index is -0.219. The van der Waals surface area contributed by atoms with Crippen LogP contribution >= 0.6 is 15.9 Å². The van der Waals surface area contributed by atoms with Gasteiger partial charge in [-0.3, -0.25) is 0 Å². The molecule has 1 aliphatic heterocycles. The number of anilines is 1. The summed E-state index contributed by atoms with van der Waals surface area (Å²) >= 11 is 3.28. The third kappa shape index (κ3) is 3.46. The lowest BCUT2D eigenvalue weighted by molar-refractivity contribution is 0.0699. The molecular weight excluding hydrogens is 273 g/mol. The van der Waals surface area contributed by atoms with Gasteiger partial charge in [0.1, 0.15) is 5.82 Å². The topological polar surface area (TPSA) is 21.3 Å². The molecule has 0 unspecified atom stereocenters. The minimum absolute atomic E-state index is 0.219.